The van der Waals surface area contributed by atoms with Crippen molar-refractivity contribution in [2.45, 2.75) is 6.92 Å². The maximum absolute atomic E-state index is 8.97. The standard InChI is InChI=1S/C8H10N2O2/c1-6(10-12-9)7-2-4-8(11)5-3-7/h2-5,11H,9H2,1H3. The summed E-state index contributed by atoms with van der Waals surface area (Å²) in [4.78, 5) is 4.11. The molecule has 1 aromatic carbocycles. The van der Waals surface area contributed by atoms with E-state index in [0.717, 1.165) is 5.56 Å². The summed E-state index contributed by atoms with van der Waals surface area (Å²) in [6.45, 7) is 1.76. The first-order valence-electron chi connectivity index (χ1n) is 3.44. The second kappa shape index (κ2) is 3.73. The molecule has 12 heavy (non-hydrogen) atoms. The van der Waals surface area contributed by atoms with Crippen LogP contribution in [0.4, 0.5) is 0 Å². The van der Waals surface area contributed by atoms with Gasteiger partial charge in [0.15, 0.2) is 0 Å². The molecule has 0 aromatic heterocycles. The Morgan fingerprint density at radius 3 is 2.50 bits per heavy atom. The Bertz CT molecular complexity index is 280. The van der Waals surface area contributed by atoms with Crippen LogP contribution in [0.5, 0.6) is 5.75 Å². The minimum Gasteiger partial charge on any atom is -0.508 e. The van der Waals surface area contributed by atoms with Crippen LogP contribution >= 0.6 is 0 Å². The molecular formula is C8H10N2O2. The number of phenols is 1. The van der Waals surface area contributed by atoms with Crippen LogP contribution < -0.4 is 5.90 Å². The molecule has 0 saturated carbocycles. The summed E-state index contributed by atoms with van der Waals surface area (Å²) in [6, 6.07) is 6.61. The van der Waals surface area contributed by atoms with E-state index in [-0.39, 0.29) is 5.75 Å². The molecule has 0 unspecified atom stereocenters. The average Bonchev–Trinajstić information content (AvgIpc) is 2.06. The van der Waals surface area contributed by atoms with Gasteiger partial charge in [-0.2, -0.15) is 0 Å². The lowest BCUT2D eigenvalue weighted by Crippen LogP contribution is -1.98. The molecule has 0 bridgehead atoms. The first-order valence-corrected chi connectivity index (χ1v) is 3.44. The van der Waals surface area contributed by atoms with Gasteiger partial charge in [0.1, 0.15) is 5.75 Å². The number of phenolic OH excluding ortho intramolecular Hbond substituents is 1. The van der Waals surface area contributed by atoms with E-state index in [1.165, 1.54) is 0 Å². The molecule has 0 saturated heterocycles. The number of aromatic hydroxyl groups is 1. The van der Waals surface area contributed by atoms with E-state index in [1.54, 1.807) is 31.2 Å². The van der Waals surface area contributed by atoms with E-state index in [1.807, 2.05) is 0 Å². The van der Waals surface area contributed by atoms with Gasteiger partial charge >= 0.3 is 0 Å². The van der Waals surface area contributed by atoms with Crippen molar-refractivity contribution in [2.75, 3.05) is 0 Å². The lowest BCUT2D eigenvalue weighted by molar-refractivity contribution is 0.149. The van der Waals surface area contributed by atoms with Crippen LogP contribution in [0.25, 0.3) is 0 Å². The van der Waals surface area contributed by atoms with E-state index in [2.05, 4.69) is 10.1 Å². The van der Waals surface area contributed by atoms with Crippen LogP contribution in [0, 0.1) is 0 Å². The van der Waals surface area contributed by atoms with Crippen LogP contribution in [0.15, 0.2) is 29.4 Å². The minimum atomic E-state index is 0.222. The molecule has 0 amide bonds. The predicted octanol–water partition coefficient (Wildman–Crippen LogP) is 1.01. The largest absolute Gasteiger partial charge is 0.508 e. The molecule has 4 nitrogen and oxygen atoms in total. The molecule has 1 rings (SSSR count). The van der Waals surface area contributed by atoms with Crippen molar-refractivity contribution in [3.05, 3.63) is 29.8 Å². The Labute approximate surface area is 70.2 Å². The van der Waals surface area contributed by atoms with Gasteiger partial charge in [-0.05, 0) is 36.8 Å². The quantitative estimate of drug-likeness (QED) is 0.509. The SMILES string of the molecule is CC(=NON)c1ccc(O)cc1. The molecule has 0 radical (unpaired) electrons. The smallest absolute Gasteiger partial charge is 0.115 e. The topological polar surface area (TPSA) is 67.8 Å². The highest BCUT2D eigenvalue weighted by molar-refractivity contribution is 5.98. The third-order valence-corrected chi connectivity index (χ3v) is 1.47. The van der Waals surface area contributed by atoms with E-state index in [0.29, 0.717) is 5.71 Å². The average molecular weight is 166 g/mol. The van der Waals surface area contributed by atoms with Gasteiger partial charge in [0.25, 0.3) is 0 Å². The lowest BCUT2D eigenvalue weighted by Gasteiger charge is -1.98. The number of hydrogen-bond acceptors (Lipinski definition) is 4. The first kappa shape index (κ1) is 8.55. The summed E-state index contributed by atoms with van der Waals surface area (Å²) in [7, 11) is 0. The van der Waals surface area contributed by atoms with Crippen molar-refractivity contribution in [1.29, 1.82) is 0 Å². The minimum absolute atomic E-state index is 0.222. The normalized spacial score (nSPS) is 11.3. The highest BCUT2D eigenvalue weighted by Crippen LogP contribution is 2.10. The monoisotopic (exact) mass is 166 g/mol. The zero-order valence-corrected chi connectivity index (χ0v) is 6.69. The molecule has 0 fully saturated rings. The first-order chi connectivity index (χ1) is 5.74. The van der Waals surface area contributed by atoms with Crippen LogP contribution in [-0.4, -0.2) is 10.8 Å². The van der Waals surface area contributed by atoms with E-state index in [4.69, 9.17) is 11.0 Å². The van der Waals surface area contributed by atoms with Gasteiger partial charge in [-0.15, -0.1) is 5.90 Å². The fourth-order valence-corrected chi connectivity index (χ4v) is 0.834. The zero-order valence-electron chi connectivity index (χ0n) is 6.69. The molecule has 0 spiro atoms. The molecule has 0 heterocycles. The van der Waals surface area contributed by atoms with Crippen molar-refractivity contribution in [3.8, 4) is 5.75 Å². The maximum atomic E-state index is 8.97. The van der Waals surface area contributed by atoms with Crippen molar-refractivity contribution in [3.63, 3.8) is 0 Å². The molecular weight excluding hydrogens is 156 g/mol. The molecule has 4 heteroatoms. The summed E-state index contributed by atoms with van der Waals surface area (Å²) in [5.74, 6) is 4.98. The maximum Gasteiger partial charge on any atom is 0.115 e. The van der Waals surface area contributed by atoms with E-state index >= 15 is 0 Å². The molecule has 64 valence electrons. The molecule has 0 atom stereocenters. The van der Waals surface area contributed by atoms with Crippen molar-refractivity contribution >= 4 is 5.71 Å². The fourth-order valence-electron chi connectivity index (χ4n) is 0.834. The lowest BCUT2D eigenvalue weighted by atomic mass is 10.1. The summed E-state index contributed by atoms with van der Waals surface area (Å²) in [6.07, 6.45) is 0. The van der Waals surface area contributed by atoms with Crippen LogP contribution in [0.2, 0.25) is 0 Å². The van der Waals surface area contributed by atoms with Crippen LogP contribution in [0.1, 0.15) is 12.5 Å². The molecule has 1 aromatic rings. The Kier molecular flexibility index (Phi) is 2.66. The van der Waals surface area contributed by atoms with Gasteiger partial charge in [-0.3, -0.25) is 0 Å². The summed E-state index contributed by atoms with van der Waals surface area (Å²) >= 11 is 0. The Balaban J connectivity index is 2.89. The number of benzene rings is 1. The number of oxime groups is 1. The van der Waals surface area contributed by atoms with Crippen LogP contribution in [0.3, 0.4) is 0 Å². The van der Waals surface area contributed by atoms with E-state index in [9.17, 15) is 0 Å². The van der Waals surface area contributed by atoms with Crippen molar-refractivity contribution < 1.29 is 10.0 Å². The summed E-state index contributed by atoms with van der Waals surface area (Å²) < 4.78 is 0. The molecule has 0 aliphatic rings. The second-order valence-corrected chi connectivity index (χ2v) is 2.33. The molecule has 3 N–H and O–H groups in total. The van der Waals surface area contributed by atoms with Gasteiger partial charge in [0.2, 0.25) is 0 Å². The van der Waals surface area contributed by atoms with Gasteiger partial charge in [0, 0.05) is 0 Å². The van der Waals surface area contributed by atoms with Gasteiger partial charge in [0.05, 0.1) is 5.71 Å². The van der Waals surface area contributed by atoms with E-state index < -0.39 is 0 Å². The fraction of sp³-hybridized carbons (Fsp3) is 0.125. The highest BCUT2D eigenvalue weighted by atomic mass is 16.7. The van der Waals surface area contributed by atoms with Gasteiger partial charge in [-0.25, -0.2) is 0 Å². The van der Waals surface area contributed by atoms with Gasteiger partial charge < -0.3 is 10.0 Å². The van der Waals surface area contributed by atoms with Crippen LogP contribution in [-0.2, 0) is 4.94 Å². The van der Waals surface area contributed by atoms with Crippen molar-refractivity contribution in [2.24, 2.45) is 11.1 Å². The number of nitrogens with zero attached hydrogens (tertiary/aromatic N) is 1. The van der Waals surface area contributed by atoms with Crippen molar-refractivity contribution in [1.82, 2.24) is 0 Å². The summed E-state index contributed by atoms with van der Waals surface area (Å²) in [5.41, 5.74) is 1.52. The molecule has 0 aliphatic heterocycles. The summed E-state index contributed by atoms with van der Waals surface area (Å²) in [5, 5.41) is 12.5. The number of nitrogens with two attached hydrogens (primary N) is 1. The zero-order chi connectivity index (χ0) is 8.97. The Morgan fingerprint density at radius 2 is 2.00 bits per heavy atom. The number of hydrogen-bond donors (Lipinski definition) is 2. The third-order valence-electron chi connectivity index (χ3n) is 1.47. The predicted molar refractivity (Wildman–Crippen MR) is 45.6 cm³/mol. The second-order valence-electron chi connectivity index (χ2n) is 2.33. The Hall–Kier alpha value is -1.55. The number of rotatable bonds is 2. The molecule has 0 aliphatic carbocycles. The van der Waals surface area contributed by atoms with Gasteiger partial charge in [-0.1, -0.05) is 5.16 Å². The Morgan fingerprint density at radius 1 is 1.42 bits per heavy atom. The highest BCUT2D eigenvalue weighted by Gasteiger charge is 1.96. The third kappa shape index (κ3) is 1.96.